The lowest BCUT2D eigenvalue weighted by Gasteiger charge is -2.30. The smallest absolute Gasteiger partial charge is 0.349 e. The van der Waals surface area contributed by atoms with Crippen LogP contribution in [0.25, 0.3) is 0 Å². The molecule has 14 heavy (non-hydrogen) atoms. The highest BCUT2D eigenvalue weighted by Crippen LogP contribution is 2.08. The number of Topliss-reactive ketones (excluding diaryl/α,β-unsaturated/α-hetero) is 1. The Kier molecular flexibility index (Phi) is 6.72. The zero-order chi connectivity index (χ0) is 10.6. The minimum Gasteiger partial charge on any atom is -0.463 e. The third-order valence-electron chi connectivity index (χ3n) is 1.83. The number of carbonyl (C=O) groups excluding carboxylic acids is 2. The molecule has 1 atom stereocenters. The van der Waals surface area contributed by atoms with Crippen LogP contribution in [0, 0.1) is 0 Å². The van der Waals surface area contributed by atoms with Gasteiger partial charge in [0.1, 0.15) is 0 Å². The van der Waals surface area contributed by atoms with E-state index in [-0.39, 0.29) is 19.0 Å². The lowest BCUT2D eigenvalue weighted by molar-refractivity contribution is -0.160. The van der Waals surface area contributed by atoms with Crippen LogP contribution in [0.2, 0.25) is 0 Å². The Bertz CT molecular complexity index is 221. The molecular formula is C8H17ClN2O3. The molecule has 0 heterocycles. The molecule has 0 radical (unpaired) electrons. The van der Waals surface area contributed by atoms with Crippen molar-refractivity contribution in [2.45, 2.75) is 19.5 Å². The zero-order valence-corrected chi connectivity index (χ0v) is 9.68. The van der Waals surface area contributed by atoms with Gasteiger partial charge in [0.15, 0.2) is 5.78 Å². The molecule has 1 unspecified atom stereocenters. The first-order valence-electron chi connectivity index (χ1n) is 4.01. The van der Waals surface area contributed by atoms with Crippen molar-refractivity contribution in [3.8, 4) is 0 Å². The van der Waals surface area contributed by atoms with E-state index in [1.807, 2.05) is 0 Å². The van der Waals surface area contributed by atoms with Crippen molar-refractivity contribution in [1.82, 2.24) is 4.90 Å². The number of hydrogen-bond donors (Lipinski definition) is 1. The number of nitrogens with zero attached hydrogens (tertiary/aromatic N) is 1. The highest BCUT2D eigenvalue weighted by atomic mass is 35.5. The van der Waals surface area contributed by atoms with E-state index >= 15 is 0 Å². The van der Waals surface area contributed by atoms with Crippen LogP contribution < -0.4 is 5.73 Å². The standard InChI is InChI=1S/C8H16N2O3.ClH/c1-5-13-7(12)8(9,6(2)11)10(3)4;/h5,9H2,1-4H3;1H. The van der Waals surface area contributed by atoms with Crippen molar-refractivity contribution < 1.29 is 14.3 Å². The van der Waals surface area contributed by atoms with E-state index in [2.05, 4.69) is 0 Å². The summed E-state index contributed by atoms with van der Waals surface area (Å²) < 4.78 is 4.70. The van der Waals surface area contributed by atoms with Crippen molar-refractivity contribution in [3.63, 3.8) is 0 Å². The molecule has 6 heteroatoms. The van der Waals surface area contributed by atoms with Crippen molar-refractivity contribution in [3.05, 3.63) is 0 Å². The van der Waals surface area contributed by atoms with Crippen LogP contribution >= 0.6 is 12.4 Å². The number of carbonyl (C=O) groups is 2. The fraction of sp³-hybridized carbons (Fsp3) is 0.750. The van der Waals surface area contributed by atoms with Gasteiger partial charge in [0.25, 0.3) is 0 Å². The van der Waals surface area contributed by atoms with E-state index in [0.717, 1.165) is 0 Å². The molecule has 0 spiro atoms. The van der Waals surface area contributed by atoms with Crippen molar-refractivity contribution in [2.24, 2.45) is 5.73 Å². The Balaban J connectivity index is 0. The van der Waals surface area contributed by atoms with Gasteiger partial charge in [-0.2, -0.15) is 0 Å². The molecule has 0 aromatic heterocycles. The number of hydrogen-bond acceptors (Lipinski definition) is 5. The van der Waals surface area contributed by atoms with E-state index < -0.39 is 17.4 Å². The highest BCUT2D eigenvalue weighted by Gasteiger charge is 2.43. The summed E-state index contributed by atoms with van der Waals surface area (Å²) in [5.74, 6) is -1.15. The normalized spacial score (nSPS) is 14.1. The SMILES string of the molecule is CCOC(=O)C(N)(C(C)=O)N(C)C.Cl. The Morgan fingerprint density at radius 1 is 1.43 bits per heavy atom. The molecule has 0 aromatic carbocycles. The second-order valence-electron chi connectivity index (χ2n) is 2.94. The fourth-order valence-corrected chi connectivity index (χ4v) is 0.882. The molecule has 84 valence electrons. The third-order valence-corrected chi connectivity index (χ3v) is 1.83. The molecule has 0 rings (SSSR count). The summed E-state index contributed by atoms with van der Waals surface area (Å²) in [6, 6.07) is 0. The van der Waals surface area contributed by atoms with Gasteiger partial charge in [-0.25, -0.2) is 4.79 Å². The number of halogens is 1. The topological polar surface area (TPSA) is 72.6 Å². The van der Waals surface area contributed by atoms with Gasteiger partial charge in [0.05, 0.1) is 6.61 Å². The first-order chi connectivity index (χ1) is 5.87. The predicted octanol–water partition coefficient (Wildman–Crippen LogP) is -0.223. The minimum absolute atomic E-state index is 0. The minimum atomic E-state index is -1.66. The molecule has 2 N–H and O–H groups in total. The van der Waals surface area contributed by atoms with Crippen molar-refractivity contribution >= 4 is 24.2 Å². The van der Waals surface area contributed by atoms with Crippen LogP contribution in [-0.2, 0) is 14.3 Å². The molecule has 0 amide bonds. The van der Waals surface area contributed by atoms with Crippen LogP contribution in [-0.4, -0.2) is 43.0 Å². The van der Waals surface area contributed by atoms with Gasteiger partial charge in [-0.3, -0.25) is 15.4 Å². The average molecular weight is 225 g/mol. The summed E-state index contributed by atoms with van der Waals surface area (Å²) in [5, 5.41) is 0. The number of ketones is 1. The molecule has 0 saturated carbocycles. The summed E-state index contributed by atoms with van der Waals surface area (Å²) in [7, 11) is 3.11. The molecule has 0 aromatic rings. The maximum Gasteiger partial charge on any atom is 0.349 e. The first kappa shape index (κ1) is 15.8. The van der Waals surface area contributed by atoms with Gasteiger partial charge >= 0.3 is 5.97 Å². The van der Waals surface area contributed by atoms with Crippen molar-refractivity contribution in [2.75, 3.05) is 20.7 Å². The van der Waals surface area contributed by atoms with Gasteiger partial charge in [-0.1, -0.05) is 0 Å². The Labute approximate surface area is 90.0 Å². The second-order valence-corrected chi connectivity index (χ2v) is 2.94. The predicted molar refractivity (Wildman–Crippen MR) is 55.2 cm³/mol. The second kappa shape index (κ2) is 5.95. The quantitative estimate of drug-likeness (QED) is 0.406. The van der Waals surface area contributed by atoms with E-state index in [9.17, 15) is 9.59 Å². The summed E-state index contributed by atoms with van der Waals surface area (Å²) in [5.41, 5.74) is 3.96. The molecular weight excluding hydrogens is 208 g/mol. The molecule has 0 aliphatic rings. The van der Waals surface area contributed by atoms with Gasteiger partial charge < -0.3 is 4.74 Å². The number of nitrogens with two attached hydrogens (primary N) is 1. The maximum atomic E-state index is 11.3. The summed E-state index contributed by atoms with van der Waals surface area (Å²) in [4.78, 5) is 23.8. The lowest BCUT2D eigenvalue weighted by Crippen LogP contribution is -2.64. The molecule has 0 aliphatic carbocycles. The fourth-order valence-electron chi connectivity index (χ4n) is 0.882. The van der Waals surface area contributed by atoms with Crippen LogP contribution in [0.1, 0.15) is 13.8 Å². The van der Waals surface area contributed by atoms with Crippen molar-refractivity contribution in [1.29, 1.82) is 0 Å². The molecule has 0 fully saturated rings. The molecule has 5 nitrogen and oxygen atoms in total. The van der Waals surface area contributed by atoms with Crippen LogP contribution in [0.5, 0.6) is 0 Å². The molecule has 0 bridgehead atoms. The summed E-state index contributed by atoms with van der Waals surface area (Å²) in [6.45, 7) is 3.13. The largest absolute Gasteiger partial charge is 0.463 e. The number of rotatable bonds is 4. The summed E-state index contributed by atoms with van der Waals surface area (Å²) >= 11 is 0. The van der Waals surface area contributed by atoms with Crippen LogP contribution in [0.3, 0.4) is 0 Å². The van der Waals surface area contributed by atoms with E-state index in [1.54, 1.807) is 21.0 Å². The zero-order valence-electron chi connectivity index (χ0n) is 8.86. The Hall–Kier alpha value is -0.650. The van der Waals surface area contributed by atoms with Gasteiger partial charge in [0, 0.05) is 0 Å². The first-order valence-corrected chi connectivity index (χ1v) is 4.01. The van der Waals surface area contributed by atoms with Crippen LogP contribution in [0.4, 0.5) is 0 Å². The van der Waals surface area contributed by atoms with E-state index in [4.69, 9.17) is 10.5 Å². The molecule has 0 aliphatic heterocycles. The maximum absolute atomic E-state index is 11.3. The van der Waals surface area contributed by atoms with Gasteiger partial charge in [-0.05, 0) is 27.9 Å². The monoisotopic (exact) mass is 224 g/mol. The number of ether oxygens (including phenoxy) is 1. The van der Waals surface area contributed by atoms with Gasteiger partial charge in [0.2, 0.25) is 5.66 Å². The van der Waals surface area contributed by atoms with E-state index in [0.29, 0.717) is 0 Å². The van der Waals surface area contributed by atoms with Gasteiger partial charge in [-0.15, -0.1) is 12.4 Å². The number of likely N-dealkylation sites (N-methyl/N-ethyl adjacent to an activating group) is 1. The number of esters is 1. The Morgan fingerprint density at radius 3 is 2.07 bits per heavy atom. The average Bonchev–Trinajstić information content (AvgIpc) is 2.02. The van der Waals surface area contributed by atoms with Crippen LogP contribution in [0.15, 0.2) is 0 Å². The lowest BCUT2D eigenvalue weighted by atomic mass is 10.1. The highest BCUT2D eigenvalue weighted by molar-refractivity contribution is 6.06. The molecule has 0 saturated heterocycles. The summed E-state index contributed by atoms with van der Waals surface area (Å²) in [6.07, 6.45) is 0. The van der Waals surface area contributed by atoms with E-state index in [1.165, 1.54) is 11.8 Å². The third kappa shape index (κ3) is 2.94. The Morgan fingerprint density at radius 2 is 1.86 bits per heavy atom.